The summed E-state index contributed by atoms with van der Waals surface area (Å²) in [6, 6.07) is 44.8. The molecule has 7 aromatic rings. The van der Waals surface area contributed by atoms with E-state index >= 15 is 0 Å². The first-order chi connectivity index (χ1) is 29.4. The molecule has 0 saturated heterocycles. The lowest BCUT2D eigenvalue weighted by Crippen LogP contribution is -2.21. The van der Waals surface area contributed by atoms with Gasteiger partial charge in [0.2, 0.25) is 0 Å². The molecule has 0 unspecified atom stereocenters. The standard InChI is InChI=1S/C40H29N3O4.S13/c1-46-39(44)32-14-7-15-33(40(45)47-2)38(32)43(36-18-8-16-34(41-36)30-22-20-26-10-3-5-12-28(26)24-30)37-19-9-17-35(42-37)31-23-21-27-11-4-6-13-29(27)25-31;1-3-5-7-9-11-13-12-10-8-6-4-2/h3-25H,1-2H3;. The van der Waals surface area contributed by atoms with Crippen LogP contribution in [0.15, 0.2) is 140 Å². The summed E-state index contributed by atoms with van der Waals surface area (Å²) in [5.41, 5.74) is 3.81. The quantitative estimate of drug-likeness (QED) is 0.145. The van der Waals surface area contributed by atoms with Gasteiger partial charge in [-0.25, -0.2) is 19.6 Å². The predicted octanol–water partition coefficient (Wildman–Crippen LogP) is 9.13. The second-order valence-corrected chi connectivity index (χ2v) is 31.1. The SMILES string of the molecule is COC(=O)c1cccc(C(=O)OC)c1N(c1cccc(-c2ccc3ccccc3c2)n1)c1cccc(-c2ccc3ccccc3c2)n1.S=S=S=S=S=S=S=S=S=S=S=S=S. The molecular weight excluding hydrogens is 1000 g/mol. The van der Waals surface area contributed by atoms with Crippen LogP contribution in [0, 0.1) is 0 Å². The van der Waals surface area contributed by atoms with Crippen LogP contribution in [-0.2, 0) is 130 Å². The van der Waals surface area contributed by atoms with Crippen LogP contribution in [0.1, 0.15) is 20.7 Å². The lowest BCUT2D eigenvalue weighted by atomic mass is 10.0. The van der Waals surface area contributed by atoms with Gasteiger partial charge in [-0.15, -0.1) is 0 Å². The smallest absolute Gasteiger partial charge is 0.340 e. The lowest BCUT2D eigenvalue weighted by molar-refractivity contribution is 0.0601. The van der Waals surface area contributed by atoms with Crippen molar-refractivity contribution in [2.24, 2.45) is 0 Å². The minimum absolute atomic E-state index is 0.159. The van der Waals surface area contributed by atoms with Crippen molar-refractivity contribution in [3.63, 3.8) is 0 Å². The molecule has 0 atom stereocenters. The number of hydrogen-bond donors (Lipinski definition) is 0. The lowest BCUT2D eigenvalue weighted by Gasteiger charge is -2.27. The highest BCUT2D eigenvalue weighted by atomic mass is 33.5. The first-order valence-electron chi connectivity index (χ1n) is 17.1. The number of aromatic nitrogens is 2. The maximum atomic E-state index is 13.2. The predicted molar refractivity (Wildman–Crippen MR) is 281 cm³/mol. The highest BCUT2D eigenvalue weighted by molar-refractivity contribution is 8.75. The summed E-state index contributed by atoms with van der Waals surface area (Å²) in [4.78, 5) is 38.4. The average molecular weight is 1030 g/mol. The molecule has 0 spiro atoms. The first kappa shape index (κ1) is 46.0. The average Bonchev–Trinajstić information content (AvgIpc) is 3.30. The van der Waals surface area contributed by atoms with Crippen molar-refractivity contribution in [2.45, 2.75) is 0 Å². The summed E-state index contributed by atoms with van der Waals surface area (Å²) in [5.74, 6) is -0.347. The van der Waals surface area contributed by atoms with Gasteiger partial charge in [0.15, 0.2) is 0 Å². The van der Waals surface area contributed by atoms with E-state index in [9.17, 15) is 9.59 Å². The van der Waals surface area contributed by atoms with Gasteiger partial charge in [-0.3, -0.25) is 4.90 Å². The summed E-state index contributed by atoms with van der Waals surface area (Å²) in [7, 11) is 20.7. The molecule has 306 valence electrons. The van der Waals surface area contributed by atoms with Crippen molar-refractivity contribution < 1.29 is 19.1 Å². The second-order valence-electron chi connectivity index (χ2n) is 11.7. The summed E-state index contributed by atoms with van der Waals surface area (Å²) < 4.78 is 10.4. The number of nitrogens with zero attached hydrogens (tertiary/aromatic N) is 3. The molecule has 0 radical (unpaired) electrons. The molecule has 0 fully saturated rings. The van der Waals surface area contributed by atoms with Gasteiger partial charge in [0, 0.05) is 131 Å². The monoisotopic (exact) mass is 1030 g/mol. The molecule has 0 aliphatic carbocycles. The molecule has 2 aromatic heterocycles. The van der Waals surface area contributed by atoms with Crippen LogP contribution < -0.4 is 4.90 Å². The van der Waals surface area contributed by atoms with E-state index in [1.54, 1.807) is 103 Å². The molecule has 0 saturated carbocycles. The third-order valence-electron chi connectivity index (χ3n) is 8.37. The molecule has 0 aliphatic heterocycles. The Bertz CT molecular complexity index is 3060. The largest absolute Gasteiger partial charge is 0.465 e. The number of ether oxygens (including phenoxy) is 2. The topological polar surface area (TPSA) is 81.6 Å². The fourth-order valence-corrected chi connectivity index (χ4v) is 30.6. The highest BCUT2D eigenvalue weighted by Crippen LogP contribution is 2.40. The van der Waals surface area contributed by atoms with E-state index in [-0.39, 0.29) is 16.8 Å². The number of rotatable bonds is 7. The number of esters is 2. The Hall–Kier alpha value is -3.48. The maximum absolute atomic E-state index is 13.2. The van der Waals surface area contributed by atoms with Gasteiger partial charge < -0.3 is 9.47 Å². The Morgan fingerprint density at radius 2 is 0.850 bits per heavy atom. The summed E-state index contributed by atoms with van der Waals surface area (Å²) in [5, 5.41) is 4.42. The Morgan fingerprint density at radius 3 is 1.25 bits per heavy atom. The van der Waals surface area contributed by atoms with E-state index < -0.39 is 11.9 Å². The van der Waals surface area contributed by atoms with Gasteiger partial charge in [-0.2, -0.15) is 0 Å². The van der Waals surface area contributed by atoms with E-state index in [2.05, 4.69) is 48.5 Å². The number of anilines is 3. The second kappa shape index (κ2) is 24.2. The van der Waals surface area contributed by atoms with E-state index in [4.69, 9.17) is 41.8 Å². The van der Waals surface area contributed by atoms with Crippen molar-refractivity contribution in [1.29, 1.82) is 0 Å². The van der Waals surface area contributed by atoms with Gasteiger partial charge in [0.1, 0.15) is 11.6 Å². The molecular formula is C40H29N3O4S13. The maximum Gasteiger partial charge on any atom is 0.340 e. The van der Waals surface area contributed by atoms with Gasteiger partial charge in [-0.1, -0.05) is 91.0 Å². The third-order valence-corrected chi connectivity index (χ3v) is 30.6. The Labute approximate surface area is 387 Å². The molecule has 60 heavy (non-hydrogen) atoms. The number of carbonyl (C=O) groups is 2. The van der Waals surface area contributed by atoms with Crippen molar-refractivity contribution in [3.05, 3.63) is 151 Å². The molecule has 7 nitrogen and oxygen atoms in total. The van der Waals surface area contributed by atoms with Crippen LogP contribution in [0.4, 0.5) is 17.3 Å². The van der Waals surface area contributed by atoms with Gasteiger partial charge >= 0.3 is 11.9 Å². The van der Waals surface area contributed by atoms with Crippen molar-refractivity contribution in [1.82, 2.24) is 9.97 Å². The van der Waals surface area contributed by atoms with Crippen LogP contribution >= 0.6 is 0 Å². The van der Waals surface area contributed by atoms with Gasteiger partial charge in [0.25, 0.3) is 0 Å². The molecule has 0 aliphatic rings. The first-order valence-corrected chi connectivity index (χ1v) is 33.1. The van der Waals surface area contributed by atoms with Crippen molar-refractivity contribution >= 4 is 171 Å². The fourth-order valence-electron chi connectivity index (χ4n) is 5.90. The molecule has 0 bridgehead atoms. The van der Waals surface area contributed by atoms with Crippen molar-refractivity contribution in [3.8, 4) is 22.5 Å². The molecule has 7 rings (SSSR count). The fraction of sp³-hybridized carbons (Fsp3) is 0.0500. The minimum atomic E-state index is -0.618. The Balaban J connectivity index is 0.000000402. The van der Waals surface area contributed by atoms with Crippen LogP contribution in [0.2, 0.25) is 0 Å². The summed E-state index contributed by atoms with van der Waals surface area (Å²) in [6.45, 7) is 0. The molecule has 0 amide bonds. The molecule has 20 heteroatoms. The van der Waals surface area contributed by atoms with E-state index in [1.807, 2.05) is 72.8 Å². The van der Waals surface area contributed by atoms with Crippen molar-refractivity contribution in [2.75, 3.05) is 19.1 Å². The zero-order valence-corrected chi connectivity index (χ0v) is 41.7. The number of methoxy groups -OCH3 is 2. The van der Waals surface area contributed by atoms with Crippen LogP contribution in [0.5, 0.6) is 0 Å². The molecule has 5 aromatic carbocycles. The normalized spacial score (nSPS) is 10.1. The number of carbonyl (C=O) groups excluding carboxylic acids is 2. The van der Waals surface area contributed by atoms with Gasteiger partial charge in [0.05, 0.1) is 42.4 Å². The number of para-hydroxylation sites is 1. The molecule has 0 N–H and O–H groups in total. The minimum Gasteiger partial charge on any atom is -0.465 e. The molecule has 2 heterocycles. The Morgan fingerprint density at radius 1 is 0.467 bits per heavy atom. The van der Waals surface area contributed by atoms with E-state index in [0.29, 0.717) is 23.0 Å². The third kappa shape index (κ3) is 12.3. The van der Waals surface area contributed by atoms with Crippen LogP contribution in [0.25, 0.3) is 44.1 Å². The zero-order chi connectivity index (χ0) is 42.1. The zero-order valence-electron chi connectivity index (χ0n) is 31.1. The number of fused-ring (bicyclic) bond motifs is 2. The number of benzene rings is 5. The van der Waals surface area contributed by atoms with E-state index in [0.717, 1.165) is 32.7 Å². The Kier molecular flexibility index (Phi) is 18.6. The summed E-state index contributed by atoms with van der Waals surface area (Å²) >= 11 is 9.40. The van der Waals surface area contributed by atoms with E-state index in [1.165, 1.54) is 32.0 Å². The number of hydrogen-bond acceptors (Lipinski definition) is 9. The van der Waals surface area contributed by atoms with Crippen LogP contribution in [-0.4, -0.2) is 36.1 Å². The van der Waals surface area contributed by atoms with Gasteiger partial charge in [-0.05, 0) is 70.1 Å². The summed E-state index contributed by atoms with van der Waals surface area (Å²) in [6.07, 6.45) is 0. The van der Waals surface area contributed by atoms with Crippen LogP contribution in [0.3, 0.4) is 0 Å². The number of pyridine rings is 2. The highest BCUT2D eigenvalue weighted by Gasteiger charge is 2.29.